The zero-order valence-corrected chi connectivity index (χ0v) is 13.7. The molecule has 1 saturated carbocycles. The molecule has 0 spiro atoms. The van der Waals surface area contributed by atoms with E-state index in [0.29, 0.717) is 6.04 Å². The van der Waals surface area contributed by atoms with E-state index in [9.17, 15) is 0 Å². The molecule has 2 N–H and O–H groups in total. The molecule has 0 aliphatic heterocycles. The number of benzene rings is 1. The third kappa shape index (κ3) is 4.32. The summed E-state index contributed by atoms with van der Waals surface area (Å²) in [6.45, 7) is 4.71. The first-order chi connectivity index (χ1) is 9.06. The Balaban J connectivity index is 1.84. The van der Waals surface area contributed by atoms with E-state index in [0.717, 1.165) is 28.6 Å². The van der Waals surface area contributed by atoms with Crippen LogP contribution < -0.4 is 5.73 Å². The highest BCUT2D eigenvalue weighted by Gasteiger charge is 2.26. The zero-order valence-electron chi connectivity index (χ0n) is 12.1. The fourth-order valence-electron chi connectivity index (χ4n) is 3.30. The third-order valence-corrected chi connectivity index (χ3v) is 5.28. The average molecular weight is 324 g/mol. The molecule has 2 rings (SSSR count). The average Bonchev–Trinajstić information content (AvgIpc) is 2.41. The van der Waals surface area contributed by atoms with Crippen LogP contribution >= 0.6 is 15.9 Å². The summed E-state index contributed by atoms with van der Waals surface area (Å²) in [5, 5.41) is 0. The van der Waals surface area contributed by atoms with Crippen LogP contribution in [0.1, 0.15) is 45.1 Å². The van der Waals surface area contributed by atoms with Gasteiger partial charge in [0, 0.05) is 10.5 Å². The Labute approximate surface area is 126 Å². The van der Waals surface area contributed by atoms with Crippen molar-refractivity contribution in [2.24, 2.45) is 23.5 Å². The predicted molar refractivity (Wildman–Crippen MR) is 86.1 cm³/mol. The summed E-state index contributed by atoms with van der Waals surface area (Å²) in [6.07, 6.45) is 6.40. The zero-order chi connectivity index (χ0) is 13.8. The van der Waals surface area contributed by atoms with E-state index in [1.807, 2.05) is 0 Å². The fourth-order valence-corrected chi connectivity index (χ4v) is 3.56. The van der Waals surface area contributed by atoms with E-state index in [1.165, 1.54) is 31.2 Å². The molecule has 106 valence electrons. The summed E-state index contributed by atoms with van der Waals surface area (Å²) in [4.78, 5) is 0. The van der Waals surface area contributed by atoms with Gasteiger partial charge in [0.2, 0.25) is 0 Å². The molecule has 1 nitrogen and oxygen atoms in total. The molecule has 1 aromatic rings. The first kappa shape index (κ1) is 15.1. The molecule has 0 heterocycles. The molecule has 0 aromatic heterocycles. The van der Waals surface area contributed by atoms with Gasteiger partial charge < -0.3 is 5.73 Å². The van der Waals surface area contributed by atoms with Crippen molar-refractivity contribution in [3.63, 3.8) is 0 Å². The van der Waals surface area contributed by atoms with Crippen LogP contribution in [0, 0.1) is 17.8 Å². The second kappa shape index (κ2) is 6.90. The summed E-state index contributed by atoms with van der Waals surface area (Å²) >= 11 is 3.48. The molecule has 0 radical (unpaired) electrons. The molecule has 0 saturated heterocycles. The van der Waals surface area contributed by atoms with Crippen molar-refractivity contribution in [1.29, 1.82) is 0 Å². The largest absolute Gasteiger partial charge is 0.327 e. The number of rotatable bonds is 4. The van der Waals surface area contributed by atoms with Crippen LogP contribution in [-0.4, -0.2) is 6.04 Å². The molecule has 19 heavy (non-hydrogen) atoms. The molecule has 1 aliphatic carbocycles. The van der Waals surface area contributed by atoms with Crippen LogP contribution in [0.4, 0.5) is 0 Å². The maximum atomic E-state index is 6.43. The van der Waals surface area contributed by atoms with E-state index >= 15 is 0 Å². The van der Waals surface area contributed by atoms with Crippen LogP contribution in [0.15, 0.2) is 28.7 Å². The van der Waals surface area contributed by atoms with Crippen molar-refractivity contribution in [2.75, 3.05) is 0 Å². The standard InChI is InChI=1S/C17H26BrN/c1-12(2)14-5-7-15(8-6-14)17(19)11-13-3-9-16(18)10-4-13/h3-4,9-10,12,14-15,17H,5-8,11,19H2,1-2H3. The number of halogens is 1. The Morgan fingerprint density at radius 3 is 2.11 bits per heavy atom. The third-order valence-electron chi connectivity index (χ3n) is 4.75. The summed E-state index contributed by atoms with van der Waals surface area (Å²) in [5.74, 6) is 2.48. The highest BCUT2D eigenvalue weighted by Crippen LogP contribution is 2.34. The van der Waals surface area contributed by atoms with Crippen molar-refractivity contribution in [3.8, 4) is 0 Å². The molecule has 1 aromatic carbocycles. The minimum absolute atomic E-state index is 0.328. The number of nitrogens with two attached hydrogens (primary N) is 1. The first-order valence-electron chi connectivity index (χ1n) is 7.56. The van der Waals surface area contributed by atoms with Crippen molar-refractivity contribution in [3.05, 3.63) is 34.3 Å². The lowest BCUT2D eigenvalue weighted by Gasteiger charge is -2.34. The molecule has 1 atom stereocenters. The molecule has 2 heteroatoms. The van der Waals surface area contributed by atoms with Crippen molar-refractivity contribution in [2.45, 2.75) is 52.0 Å². The summed E-state index contributed by atoms with van der Waals surface area (Å²) < 4.78 is 1.14. The second-order valence-corrected chi connectivity index (χ2v) is 7.33. The SMILES string of the molecule is CC(C)C1CCC(C(N)Cc2ccc(Br)cc2)CC1. The van der Waals surface area contributed by atoms with Gasteiger partial charge in [-0.15, -0.1) is 0 Å². The van der Waals surface area contributed by atoms with Crippen molar-refractivity contribution >= 4 is 15.9 Å². The Hall–Kier alpha value is -0.340. The van der Waals surface area contributed by atoms with Gasteiger partial charge in [-0.25, -0.2) is 0 Å². The minimum Gasteiger partial charge on any atom is -0.327 e. The summed E-state index contributed by atoms with van der Waals surface area (Å²) in [6, 6.07) is 8.91. The lowest BCUT2D eigenvalue weighted by molar-refractivity contribution is 0.202. The van der Waals surface area contributed by atoms with Gasteiger partial charge in [-0.05, 0) is 67.6 Å². The minimum atomic E-state index is 0.328. The van der Waals surface area contributed by atoms with Crippen molar-refractivity contribution < 1.29 is 0 Å². The Morgan fingerprint density at radius 2 is 1.58 bits per heavy atom. The van der Waals surface area contributed by atoms with Crippen molar-refractivity contribution in [1.82, 2.24) is 0 Å². The molecule has 1 aliphatic rings. The van der Waals surface area contributed by atoms with E-state index in [2.05, 4.69) is 54.0 Å². The van der Waals surface area contributed by atoms with Gasteiger partial charge in [0.05, 0.1) is 0 Å². The van der Waals surface area contributed by atoms with E-state index in [-0.39, 0.29) is 0 Å². The maximum absolute atomic E-state index is 6.43. The quantitative estimate of drug-likeness (QED) is 0.847. The molecule has 1 fully saturated rings. The highest BCUT2D eigenvalue weighted by atomic mass is 79.9. The molecular formula is C17H26BrN. The molecule has 0 amide bonds. The predicted octanol–water partition coefficient (Wildman–Crippen LogP) is 4.78. The molecular weight excluding hydrogens is 298 g/mol. The van der Waals surface area contributed by atoms with Gasteiger partial charge in [0.25, 0.3) is 0 Å². The smallest absolute Gasteiger partial charge is 0.0175 e. The topological polar surface area (TPSA) is 26.0 Å². The van der Waals surface area contributed by atoms with Crippen LogP contribution in [0.25, 0.3) is 0 Å². The summed E-state index contributed by atoms with van der Waals surface area (Å²) in [5.41, 5.74) is 7.79. The number of hydrogen-bond donors (Lipinski definition) is 1. The van der Waals surface area contributed by atoms with Gasteiger partial charge in [0.15, 0.2) is 0 Å². The van der Waals surface area contributed by atoms with Gasteiger partial charge in [0.1, 0.15) is 0 Å². The van der Waals surface area contributed by atoms with E-state index in [4.69, 9.17) is 5.73 Å². The van der Waals surface area contributed by atoms with Gasteiger partial charge in [-0.3, -0.25) is 0 Å². The van der Waals surface area contributed by atoms with Crippen LogP contribution in [0.5, 0.6) is 0 Å². The van der Waals surface area contributed by atoms with Crippen LogP contribution in [0.3, 0.4) is 0 Å². The Kier molecular flexibility index (Phi) is 5.47. The summed E-state index contributed by atoms with van der Waals surface area (Å²) in [7, 11) is 0. The second-order valence-electron chi connectivity index (χ2n) is 6.41. The normalized spacial score (nSPS) is 25.5. The highest BCUT2D eigenvalue weighted by molar-refractivity contribution is 9.10. The lowest BCUT2D eigenvalue weighted by Crippen LogP contribution is -2.35. The molecule has 1 unspecified atom stereocenters. The Bertz CT molecular complexity index is 377. The Morgan fingerprint density at radius 1 is 1.05 bits per heavy atom. The first-order valence-corrected chi connectivity index (χ1v) is 8.35. The van der Waals surface area contributed by atoms with E-state index < -0.39 is 0 Å². The number of hydrogen-bond acceptors (Lipinski definition) is 1. The van der Waals surface area contributed by atoms with Gasteiger partial charge in [-0.1, -0.05) is 41.9 Å². The maximum Gasteiger partial charge on any atom is 0.0175 e. The molecule has 0 bridgehead atoms. The van der Waals surface area contributed by atoms with Crippen LogP contribution in [0.2, 0.25) is 0 Å². The monoisotopic (exact) mass is 323 g/mol. The van der Waals surface area contributed by atoms with Gasteiger partial charge >= 0.3 is 0 Å². The van der Waals surface area contributed by atoms with Crippen LogP contribution in [-0.2, 0) is 6.42 Å². The van der Waals surface area contributed by atoms with Gasteiger partial charge in [-0.2, -0.15) is 0 Å². The fraction of sp³-hybridized carbons (Fsp3) is 0.647. The van der Waals surface area contributed by atoms with E-state index in [1.54, 1.807) is 0 Å². The lowest BCUT2D eigenvalue weighted by atomic mass is 9.74.